The lowest BCUT2D eigenvalue weighted by molar-refractivity contribution is -0.323. The molecule has 0 aromatic carbocycles. The molecule has 3 aliphatic rings. The predicted octanol–water partition coefficient (Wildman–Crippen LogP) is 2.92. The Labute approximate surface area is 157 Å². The molecule has 26 heavy (non-hydrogen) atoms. The minimum absolute atomic E-state index is 0.338. The first-order valence-electron chi connectivity index (χ1n) is 10.1. The second-order valence-electron chi connectivity index (χ2n) is 9.52. The molecule has 0 aromatic rings. The topological polar surface area (TPSA) is 79.2 Å². The van der Waals surface area contributed by atoms with Gasteiger partial charge in [0.05, 0.1) is 11.7 Å². The van der Waals surface area contributed by atoms with Gasteiger partial charge in [0, 0.05) is 0 Å². The molecule has 0 spiro atoms. The van der Waals surface area contributed by atoms with Gasteiger partial charge in [-0.1, -0.05) is 18.1 Å². The molecule has 3 N–H and O–H groups in total. The van der Waals surface area contributed by atoms with E-state index in [0.717, 1.165) is 12.8 Å². The van der Waals surface area contributed by atoms with E-state index in [9.17, 15) is 15.3 Å². The van der Waals surface area contributed by atoms with Crippen LogP contribution in [0.2, 0.25) is 0 Å². The molecule has 1 heterocycles. The predicted molar refractivity (Wildman–Crippen MR) is 99.5 cm³/mol. The fourth-order valence-corrected chi connectivity index (χ4v) is 5.20. The lowest BCUT2D eigenvalue weighted by atomic mass is 9.59. The lowest BCUT2D eigenvalue weighted by Crippen LogP contribution is -2.59. The number of fused-ring (bicyclic) bond motifs is 1. The summed E-state index contributed by atoms with van der Waals surface area (Å²) in [5, 5.41) is 30.2. The molecular weight excluding hydrogens is 332 g/mol. The van der Waals surface area contributed by atoms with E-state index < -0.39 is 36.3 Å². The van der Waals surface area contributed by atoms with Crippen LogP contribution in [0.25, 0.3) is 0 Å². The summed E-state index contributed by atoms with van der Waals surface area (Å²) in [4.78, 5) is 0. The molecule has 0 aromatic heterocycles. The third-order valence-electron chi connectivity index (χ3n) is 7.23. The van der Waals surface area contributed by atoms with Crippen molar-refractivity contribution in [1.82, 2.24) is 0 Å². The van der Waals surface area contributed by atoms with Gasteiger partial charge < -0.3 is 24.8 Å². The number of hydrogen-bond donors (Lipinski definition) is 3. The van der Waals surface area contributed by atoms with Gasteiger partial charge in [-0.2, -0.15) is 0 Å². The van der Waals surface area contributed by atoms with Crippen LogP contribution in [0.1, 0.15) is 73.1 Å². The maximum Gasteiger partial charge on any atom is 0.187 e. The Hall–Kier alpha value is -0.460. The van der Waals surface area contributed by atoms with E-state index in [1.165, 1.54) is 25.7 Å². The number of hydrogen-bond acceptors (Lipinski definition) is 5. The van der Waals surface area contributed by atoms with Crippen molar-refractivity contribution in [1.29, 1.82) is 0 Å². The van der Waals surface area contributed by atoms with Gasteiger partial charge in [-0.25, -0.2) is 0 Å². The molecule has 7 atom stereocenters. The van der Waals surface area contributed by atoms with Crippen LogP contribution in [0.4, 0.5) is 0 Å². The van der Waals surface area contributed by atoms with Gasteiger partial charge >= 0.3 is 0 Å². The van der Waals surface area contributed by atoms with E-state index in [2.05, 4.69) is 27.7 Å². The summed E-state index contributed by atoms with van der Waals surface area (Å²) in [5.74, 6) is 0.341. The first-order valence-corrected chi connectivity index (χ1v) is 10.1. The highest BCUT2D eigenvalue weighted by atomic mass is 16.7. The fraction of sp³-hybridized carbons (Fsp3) is 0.905. The lowest BCUT2D eigenvalue weighted by Gasteiger charge is -2.49. The quantitative estimate of drug-likeness (QED) is 0.668. The number of ether oxygens (including phenoxy) is 2. The van der Waals surface area contributed by atoms with Gasteiger partial charge in [0.25, 0.3) is 0 Å². The van der Waals surface area contributed by atoms with E-state index in [4.69, 9.17) is 9.47 Å². The Bertz CT molecular complexity index is 557. The molecule has 0 radical (unpaired) electrons. The van der Waals surface area contributed by atoms with E-state index >= 15 is 0 Å². The average molecular weight is 369 g/mol. The van der Waals surface area contributed by atoms with Crippen molar-refractivity contribution in [2.45, 2.75) is 109 Å². The summed E-state index contributed by atoms with van der Waals surface area (Å²) >= 11 is 0. The summed E-state index contributed by atoms with van der Waals surface area (Å²) in [6, 6.07) is 0. The Balaban J connectivity index is 1.72. The van der Waals surface area contributed by atoms with Crippen molar-refractivity contribution in [3.8, 4) is 0 Å². The molecule has 1 saturated carbocycles. The van der Waals surface area contributed by atoms with Crippen LogP contribution in [0, 0.1) is 11.3 Å². The zero-order chi connectivity index (χ0) is 19.3. The van der Waals surface area contributed by atoms with Crippen LogP contribution in [-0.4, -0.2) is 51.6 Å². The summed E-state index contributed by atoms with van der Waals surface area (Å²) in [6.07, 6.45) is 1.95. The molecule has 1 saturated heterocycles. The highest BCUT2D eigenvalue weighted by Crippen LogP contribution is 2.53. The van der Waals surface area contributed by atoms with E-state index in [-0.39, 0.29) is 0 Å². The number of aliphatic hydroxyl groups is 3. The minimum atomic E-state index is -1.25. The normalized spacial score (nSPS) is 44.8. The maximum atomic E-state index is 10.3. The molecule has 2 aliphatic carbocycles. The van der Waals surface area contributed by atoms with Gasteiger partial charge in [-0.3, -0.25) is 0 Å². The van der Waals surface area contributed by atoms with Crippen LogP contribution in [0.5, 0.6) is 0 Å². The standard InChI is InChI=1S/C21H36O5/c1-12-7-6-9-21(5)10-8-14(11-15(12)21)20(3,4)26-19-18(24)17(23)16(22)13(2)25-19/h13-14,16-19,22-24H,6-11H2,1-5H3/t13-,14-,16+,17-,18+,19+,21-/m1/s1. The zero-order valence-corrected chi connectivity index (χ0v) is 16.9. The van der Waals surface area contributed by atoms with Gasteiger partial charge in [-0.05, 0) is 77.6 Å². The Morgan fingerprint density at radius 3 is 2.50 bits per heavy atom. The van der Waals surface area contributed by atoms with Crippen molar-refractivity contribution in [2.24, 2.45) is 11.3 Å². The van der Waals surface area contributed by atoms with Crippen molar-refractivity contribution >= 4 is 0 Å². The SMILES string of the molecule is CC1=C2C[C@H](C(C)(C)O[C@@H]3O[C@H](C)[C@H](O)[C@@H](O)[C@@H]3O)CC[C@@]2(C)CCC1. The minimum Gasteiger partial charge on any atom is -0.388 e. The molecule has 2 fully saturated rings. The van der Waals surface area contributed by atoms with Gasteiger partial charge in [0.2, 0.25) is 0 Å². The van der Waals surface area contributed by atoms with Crippen LogP contribution in [0.3, 0.4) is 0 Å². The summed E-state index contributed by atoms with van der Waals surface area (Å²) in [7, 11) is 0. The summed E-state index contributed by atoms with van der Waals surface area (Å²) in [6.45, 7) is 10.5. The number of rotatable bonds is 3. The van der Waals surface area contributed by atoms with E-state index in [1.807, 2.05) is 0 Å². The second kappa shape index (κ2) is 7.17. The monoisotopic (exact) mass is 368 g/mol. The smallest absolute Gasteiger partial charge is 0.187 e. The second-order valence-corrected chi connectivity index (χ2v) is 9.52. The van der Waals surface area contributed by atoms with E-state index in [0.29, 0.717) is 11.3 Å². The summed E-state index contributed by atoms with van der Waals surface area (Å²) < 4.78 is 11.9. The third kappa shape index (κ3) is 3.61. The molecule has 150 valence electrons. The maximum absolute atomic E-state index is 10.3. The van der Waals surface area contributed by atoms with E-state index in [1.54, 1.807) is 18.1 Å². The summed E-state index contributed by atoms with van der Waals surface area (Å²) in [5.41, 5.74) is 3.00. The number of aliphatic hydroxyl groups excluding tert-OH is 3. The molecule has 0 bridgehead atoms. The molecule has 5 heteroatoms. The van der Waals surface area contributed by atoms with Crippen LogP contribution < -0.4 is 0 Å². The Morgan fingerprint density at radius 2 is 1.81 bits per heavy atom. The Kier molecular flexibility index (Phi) is 5.59. The van der Waals surface area contributed by atoms with Crippen LogP contribution in [-0.2, 0) is 9.47 Å². The molecule has 0 unspecified atom stereocenters. The van der Waals surface area contributed by atoms with Crippen molar-refractivity contribution < 1.29 is 24.8 Å². The van der Waals surface area contributed by atoms with Crippen molar-refractivity contribution in [3.05, 3.63) is 11.1 Å². The average Bonchev–Trinajstić information content (AvgIpc) is 2.57. The molecule has 3 rings (SSSR count). The first kappa shape index (κ1) is 20.3. The first-order chi connectivity index (χ1) is 12.0. The molecule has 0 amide bonds. The van der Waals surface area contributed by atoms with Gasteiger partial charge in [0.1, 0.15) is 18.3 Å². The van der Waals surface area contributed by atoms with Crippen LogP contribution in [0.15, 0.2) is 11.1 Å². The Morgan fingerprint density at radius 1 is 1.12 bits per heavy atom. The molecule has 5 nitrogen and oxygen atoms in total. The molecule has 1 aliphatic heterocycles. The van der Waals surface area contributed by atoms with Crippen molar-refractivity contribution in [2.75, 3.05) is 0 Å². The fourth-order valence-electron chi connectivity index (χ4n) is 5.20. The van der Waals surface area contributed by atoms with Crippen molar-refractivity contribution in [3.63, 3.8) is 0 Å². The van der Waals surface area contributed by atoms with Gasteiger partial charge in [-0.15, -0.1) is 0 Å². The largest absolute Gasteiger partial charge is 0.388 e. The third-order valence-corrected chi connectivity index (χ3v) is 7.23. The zero-order valence-electron chi connectivity index (χ0n) is 16.9. The molecular formula is C21H36O5. The highest BCUT2D eigenvalue weighted by Gasteiger charge is 2.48. The van der Waals surface area contributed by atoms with Crippen LogP contribution >= 0.6 is 0 Å². The highest BCUT2D eigenvalue weighted by molar-refractivity contribution is 5.26. The van der Waals surface area contributed by atoms with Gasteiger partial charge in [0.15, 0.2) is 6.29 Å². The number of allylic oxidation sites excluding steroid dienone is 2.